The van der Waals surface area contributed by atoms with E-state index in [1.54, 1.807) is 6.92 Å². The maximum atomic E-state index is 12.0. The summed E-state index contributed by atoms with van der Waals surface area (Å²) >= 11 is 0. The van der Waals surface area contributed by atoms with Crippen LogP contribution in [0.25, 0.3) is 0 Å². The molecule has 7 nitrogen and oxygen atoms in total. The fourth-order valence-electron chi connectivity index (χ4n) is 1.62. The molecule has 2 N–H and O–H groups in total. The number of hydrogen-bond acceptors (Lipinski definition) is 5. The van der Waals surface area contributed by atoms with E-state index in [0.29, 0.717) is 12.8 Å². The van der Waals surface area contributed by atoms with Gasteiger partial charge in [-0.2, -0.15) is 12.7 Å². The number of ether oxygens (including phenoxy) is 1. The first-order valence-corrected chi connectivity index (χ1v) is 7.44. The average Bonchev–Trinajstić information content (AvgIpc) is 2.29. The highest BCUT2D eigenvalue weighted by Crippen LogP contribution is 2.12. The predicted molar refractivity (Wildman–Crippen MR) is 67.2 cm³/mol. The van der Waals surface area contributed by atoms with Crippen molar-refractivity contribution in [3.8, 4) is 0 Å². The minimum absolute atomic E-state index is 0.0545. The molecule has 0 atom stereocenters. The Morgan fingerprint density at radius 2 is 1.89 bits per heavy atom. The number of aliphatic hydroxyl groups is 1. The van der Waals surface area contributed by atoms with E-state index in [-0.39, 0.29) is 25.8 Å². The Balaban J connectivity index is 4.91. The van der Waals surface area contributed by atoms with Crippen molar-refractivity contribution in [2.75, 3.05) is 19.8 Å². The highest BCUT2D eigenvalue weighted by Gasteiger charge is 2.29. The van der Waals surface area contributed by atoms with Gasteiger partial charge in [0.05, 0.1) is 13.2 Å². The van der Waals surface area contributed by atoms with Gasteiger partial charge in [-0.3, -0.25) is 0 Å². The molecule has 0 bridgehead atoms. The van der Waals surface area contributed by atoms with Crippen LogP contribution >= 0.6 is 0 Å². The lowest BCUT2D eigenvalue weighted by atomic mass is 10.2. The molecule has 0 aromatic rings. The largest absolute Gasteiger partial charge is 0.449 e. The summed E-state index contributed by atoms with van der Waals surface area (Å²) in [7, 11) is -3.98. The summed E-state index contributed by atoms with van der Waals surface area (Å²) in [4.78, 5) is 11.2. The van der Waals surface area contributed by atoms with E-state index >= 15 is 0 Å². The second kappa shape index (κ2) is 8.28. The maximum absolute atomic E-state index is 12.0. The minimum Gasteiger partial charge on any atom is -0.449 e. The molecule has 0 unspecified atom stereocenters. The van der Waals surface area contributed by atoms with Crippen molar-refractivity contribution in [2.45, 2.75) is 39.7 Å². The number of aliphatic hydroxyl groups excluding tert-OH is 1. The van der Waals surface area contributed by atoms with Gasteiger partial charge >= 0.3 is 16.3 Å². The molecule has 1 amide bonds. The van der Waals surface area contributed by atoms with E-state index in [0.717, 1.165) is 4.31 Å². The Bertz CT molecular complexity index is 340. The number of nitrogens with zero attached hydrogens (tertiary/aromatic N) is 1. The summed E-state index contributed by atoms with van der Waals surface area (Å²) in [5.41, 5.74) is 0. The zero-order chi connectivity index (χ0) is 14.2. The Labute approximate surface area is 108 Å². The van der Waals surface area contributed by atoms with Crippen LogP contribution in [-0.2, 0) is 14.9 Å². The quantitative estimate of drug-likeness (QED) is 0.674. The summed E-state index contributed by atoms with van der Waals surface area (Å²) in [5, 5.41) is 8.93. The van der Waals surface area contributed by atoms with Crippen LogP contribution in [0, 0.1) is 0 Å². The molecular weight excluding hydrogens is 260 g/mol. The molecule has 0 aliphatic rings. The van der Waals surface area contributed by atoms with Crippen molar-refractivity contribution in [3.63, 3.8) is 0 Å². The highest BCUT2D eigenvalue weighted by atomic mass is 32.2. The lowest BCUT2D eigenvalue weighted by Crippen LogP contribution is -2.49. The van der Waals surface area contributed by atoms with E-state index in [9.17, 15) is 13.2 Å². The smallest absolute Gasteiger partial charge is 0.421 e. The van der Waals surface area contributed by atoms with Gasteiger partial charge in [-0.25, -0.2) is 9.52 Å². The molecule has 0 radical (unpaired) electrons. The molecule has 8 heteroatoms. The van der Waals surface area contributed by atoms with Crippen LogP contribution < -0.4 is 4.72 Å². The van der Waals surface area contributed by atoms with E-state index in [4.69, 9.17) is 5.11 Å². The number of amides is 1. The number of hydrogen-bond donors (Lipinski definition) is 2. The first kappa shape index (κ1) is 17.1. The van der Waals surface area contributed by atoms with Crippen molar-refractivity contribution in [1.29, 1.82) is 0 Å². The van der Waals surface area contributed by atoms with Gasteiger partial charge in [0.25, 0.3) is 0 Å². The SMILES string of the molecule is CCOC(=O)NS(=O)(=O)N(CCO)C(CC)CC. The van der Waals surface area contributed by atoms with Gasteiger partial charge in [0, 0.05) is 12.6 Å². The molecular formula is C10H22N2O5S. The van der Waals surface area contributed by atoms with Gasteiger partial charge in [0.15, 0.2) is 0 Å². The molecule has 108 valence electrons. The second-order valence-electron chi connectivity index (χ2n) is 3.63. The molecule has 0 aromatic heterocycles. The second-order valence-corrected chi connectivity index (χ2v) is 5.26. The van der Waals surface area contributed by atoms with Crippen molar-refractivity contribution < 1.29 is 23.1 Å². The number of rotatable bonds is 8. The van der Waals surface area contributed by atoms with Crippen LogP contribution in [0.4, 0.5) is 4.79 Å². The fourth-order valence-corrected chi connectivity index (χ4v) is 3.02. The fraction of sp³-hybridized carbons (Fsp3) is 0.900. The Kier molecular flexibility index (Phi) is 7.88. The van der Waals surface area contributed by atoms with E-state index in [1.807, 2.05) is 18.6 Å². The molecule has 0 saturated carbocycles. The molecule has 0 rings (SSSR count). The Morgan fingerprint density at radius 1 is 1.33 bits per heavy atom. The standard InChI is InChI=1S/C10H22N2O5S/c1-4-9(5-2)12(7-8-13)18(15,16)11-10(14)17-6-3/h9,13H,4-8H2,1-3H3,(H,11,14). The Morgan fingerprint density at radius 3 is 2.28 bits per heavy atom. The molecule has 0 fully saturated rings. The van der Waals surface area contributed by atoms with Crippen molar-refractivity contribution in [1.82, 2.24) is 9.03 Å². The van der Waals surface area contributed by atoms with Crippen LogP contribution in [-0.4, -0.2) is 49.7 Å². The van der Waals surface area contributed by atoms with E-state index in [2.05, 4.69) is 4.74 Å². The topological polar surface area (TPSA) is 95.9 Å². The minimum atomic E-state index is -3.98. The maximum Gasteiger partial charge on any atom is 0.421 e. The van der Waals surface area contributed by atoms with Crippen molar-refractivity contribution in [2.24, 2.45) is 0 Å². The van der Waals surface area contributed by atoms with Crippen molar-refractivity contribution in [3.05, 3.63) is 0 Å². The molecule has 0 aliphatic carbocycles. The molecule has 0 aliphatic heterocycles. The van der Waals surface area contributed by atoms with Crippen LogP contribution in [0.1, 0.15) is 33.6 Å². The normalized spacial score (nSPS) is 11.9. The van der Waals surface area contributed by atoms with Crippen LogP contribution in [0.5, 0.6) is 0 Å². The molecule has 18 heavy (non-hydrogen) atoms. The first-order valence-electron chi connectivity index (χ1n) is 6.00. The summed E-state index contributed by atoms with van der Waals surface area (Å²) in [6, 6.07) is -0.260. The molecule has 0 aromatic carbocycles. The van der Waals surface area contributed by atoms with Gasteiger partial charge in [-0.1, -0.05) is 13.8 Å². The summed E-state index contributed by atoms with van der Waals surface area (Å²) in [5.74, 6) is 0. The third-order valence-corrected chi connectivity index (χ3v) is 3.99. The third kappa shape index (κ3) is 5.19. The summed E-state index contributed by atoms with van der Waals surface area (Å²) in [6.45, 7) is 5.00. The number of carbonyl (C=O) groups excluding carboxylic acids is 1. The zero-order valence-corrected chi connectivity index (χ0v) is 11.9. The lowest BCUT2D eigenvalue weighted by Gasteiger charge is -2.28. The van der Waals surface area contributed by atoms with Gasteiger partial charge < -0.3 is 9.84 Å². The van der Waals surface area contributed by atoms with Crippen LogP contribution in [0.15, 0.2) is 0 Å². The van der Waals surface area contributed by atoms with Gasteiger partial charge in [0.1, 0.15) is 0 Å². The molecule has 0 spiro atoms. The van der Waals surface area contributed by atoms with Gasteiger partial charge in [0.2, 0.25) is 0 Å². The average molecular weight is 282 g/mol. The number of nitrogens with one attached hydrogen (secondary N) is 1. The van der Waals surface area contributed by atoms with E-state index < -0.39 is 16.3 Å². The lowest BCUT2D eigenvalue weighted by molar-refractivity contribution is 0.156. The first-order chi connectivity index (χ1) is 8.42. The van der Waals surface area contributed by atoms with Gasteiger partial charge in [-0.15, -0.1) is 0 Å². The highest BCUT2D eigenvalue weighted by molar-refractivity contribution is 7.87. The summed E-state index contributed by atoms with van der Waals surface area (Å²) in [6.07, 6.45) is 0.187. The number of carbonyl (C=O) groups is 1. The van der Waals surface area contributed by atoms with Crippen LogP contribution in [0.2, 0.25) is 0 Å². The van der Waals surface area contributed by atoms with E-state index in [1.165, 1.54) is 0 Å². The third-order valence-electron chi connectivity index (χ3n) is 2.47. The summed E-state index contributed by atoms with van der Waals surface area (Å²) < 4.78 is 31.4. The van der Waals surface area contributed by atoms with Crippen molar-refractivity contribution >= 4 is 16.3 Å². The molecule has 0 saturated heterocycles. The zero-order valence-electron chi connectivity index (χ0n) is 11.0. The molecule has 0 heterocycles. The van der Waals surface area contributed by atoms with Crippen LogP contribution in [0.3, 0.4) is 0 Å². The monoisotopic (exact) mass is 282 g/mol. The van der Waals surface area contributed by atoms with Gasteiger partial charge in [-0.05, 0) is 19.8 Å². The Hall–Kier alpha value is -0.860. The predicted octanol–water partition coefficient (Wildman–Crippen LogP) is 0.460.